The van der Waals surface area contributed by atoms with Gasteiger partial charge in [0.25, 0.3) is 5.91 Å². The number of primary amides is 1. The lowest BCUT2D eigenvalue weighted by Gasteiger charge is -2.18. The summed E-state index contributed by atoms with van der Waals surface area (Å²) in [6, 6.07) is -1.28. The second kappa shape index (κ2) is 4.57. The molecule has 0 saturated carbocycles. The largest absolute Gasteiger partial charge is 0.351 e. The number of imidazole rings is 1. The Morgan fingerprint density at radius 1 is 1.47 bits per heavy atom. The first kappa shape index (κ1) is 11.6. The van der Waals surface area contributed by atoms with Gasteiger partial charge in [-0.3, -0.25) is 10.1 Å². The number of aromatic nitrogens is 2. The summed E-state index contributed by atoms with van der Waals surface area (Å²) >= 11 is 0. The van der Waals surface area contributed by atoms with Crippen LogP contribution in [-0.2, 0) is 17.6 Å². The lowest BCUT2D eigenvalue weighted by molar-refractivity contribution is -0.122. The third-order valence-electron chi connectivity index (χ3n) is 3.10. The number of carbonyl (C=O) groups excluding carboxylic acids is 2. The molecule has 1 aromatic heterocycles. The highest BCUT2D eigenvalue weighted by atomic mass is 16.2. The molecule has 0 saturated heterocycles. The quantitative estimate of drug-likeness (QED) is 0.784. The molecule has 0 radical (unpaired) electrons. The van der Waals surface area contributed by atoms with Gasteiger partial charge in [-0.15, -0.1) is 0 Å². The average Bonchev–Trinajstić information content (AvgIpc) is 2.70. The number of fused-ring (bicyclic) bond motifs is 1. The van der Waals surface area contributed by atoms with Crippen LogP contribution in [0.25, 0.3) is 0 Å². The van der Waals surface area contributed by atoms with Crippen molar-refractivity contribution in [2.24, 2.45) is 5.73 Å². The predicted octanol–water partition coefficient (Wildman–Crippen LogP) is 0.518. The van der Waals surface area contributed by atoms with Crippen LogP contribution >= 0.6 is 0 Å². The normalized spacial score (nSPS) is 16.1. The number of amides is 3. The standard InChI is InChI=1S/C11H16N4O2/c1-7(10(16)14-11(12)17)15-6-13-8-4-2-3-5-9(8)15/h6-7H,2-5H2,1H3,(H3,12,14,16,17). The Morgan fingerprint density at radius 2 is 2.18 bits per heavy atom. The van der Waals surface area contributed by atoms with Gasteiger partial charge in [0.2, 0.25) is 0 Å². The topological polar surface area (TPSA) is 90.0 Å². The van der Waals surface area contributed by atoms with Crippen LogP contribution in [0.15, 0.2) is 6.33 Å². The Bertz CT molecular complexity index is 452. The maximum absolute atomic E-state index is 11.7. The molecular weight excluding hydrogens is 220 g/mol. The number of hydrogen-bond donors (Lipinski definition) is 2. The summed E-state index contributed by atoms with van der Waals surface area (Å²) in [5, 5.41) is 2.09. The molecule has 17 heavy (non-hydrogen) atoms. The predicted molar refractivity (Wildman–Crippen MR) is 61.3 cm³/mol. The van der Waals surface area contributed by atoms with Crippen molar-refractivity contribution in [2.45, 2.75) is 38.6 Å². The van der Waals surface area contributed by atoms with Crippen LogP contribution in [0.2, 0.25) is 0 Å². The van der Waals surface area contributed by atoms with Gasteiger partial charge in [0.15, 0.2) is 0 Å². The minimum absolute atomic E-state index is 0.400. The number of nitrogens with two attached hydrogens (primary N) is 1. The molecule has 2 rings (SSSR count). The van der Waals surface area contributed by atoms with E-state index in [0.717, 1.165) is 37.1 Å². The number of nitrogens with zero attached hydrogens (tertiary/aromatic N) is 2. The highest BCUT2D eigenvalue weighted by Crippen LogP contribution is 2.22. The number of imide groups is 1. The van der Waals surface area contributed by atoms with Crippen LogP contribution in [0, 0.1) is 0 Å². The Balaban J connectivity index is 2.19. The summed E-state index contributed by atoms with van der Waals surface area (Å²) in [5.74, 6) is -0.400. The van der Waals surface area contributed by atoms with Gasteiger partial charge in [-0.25, -0.2) is 9.78 Å². The van der Waals surface area contributed by atoms with E-state index >= 15 is 0 Å². The van der Waals surface area contributed by atoms with Crippen molar-refractivity contribution >= 4 is 11.9 Å². The molecule has 0 spiro atoms. The summed E-state index contributed by atoms with van der Waals surface area (Å²) in [6.07, 6.45) is 5.83. The van der Waals surface area contributed by atoms with Gasteiger partial charge in [-0.2, -0.15) is 0 Å². The molecule has 0 bridgehead atoms. The maximum atomic E-state index is 11.7. The lowest BCUT2D eigenvalue weighted by Crippen LogP contribution is -2.39. The third kappa shape index (κ3) is 2.30. The molecule has 0 aliphatic heterocycles. The Kier molecular flexibility index (Phi) is 3.12. The maximum Gasteiger partial charge on any atom is 0.318 e. The molecule has 6 heteroatoms. The van der Waals surface area contributed by atoms with Crippen LogP contribution in [-0.4, -0.2) is 21.5 Å². The van der Waals surface area contributed by atoms with E-state index in [0.29, 0.717) is 0 Å². The lowest BCUT2D eigenvalue weighted by atomic mass is 10.0. The van der Waals surface area contributed by atoms with Crippen molar-refractivity contribution in [1.82, 2.24) is 14.9 Å². The zero-order valence-corrected chi connectivity index (χ0v) is 9.77. The minimum Gasteiger partial charge on any atom is -0.351 e. The Morgan fingerprint density at radius 3 is 2.88 bits per heavy atom. The van der Waals surface area contributed by atoms with Crippen LogP contribution in [0.4, 0.5) is 4.79 Å². The molecule has 1 aliphatic carbocycles. The summed E-state index contributed by atoms with van der Waals surface area (Å²) in [7, 11) is 0. The van der Waals surface area contributed by atoms with Gasteiger partial charge in [0, 0.05) is 5.69 Å². The van der Waals surface area contributed by atoms with Gasteiger partial charge < -0.3 is 10.3 Å². The van der Waals surface area contributed by atoms with E-state index in [1.165, 1.54) is 0 Å². The van der Waals surface area contributed by atoms with Crippen LogP contribution in [0.3, 0.4) is 0 Å². The monoisotopic (exact) mass is 236 g/mol. The first-order valence-corrected chi connectivity index (χ1v) is 5.74. The molecule has 3 amide bonds. The molecule has 0 aromatic carbocycles. The van der Waals surface area contributed by atoms with Crippen LogP contribution in [0.5, 0.6) is 0 Å². The summed E-state index contributed by atoms with van der Waals surface area (Å²) in [4.78, 5) is 26.6. The number of rotatable bonds is 2. The van der Waals surface area contributed by atoms with Crippen LogP contribution < -0.4 is 11.1 Å². The molecule has 1 unspecified atom stereocenters. The fourth-order valence-corrected chi connectivity index (χ4v) is 2.18. The molecule has 1 atom stereocenters. The molecule has 0 fully saturated rings. The van der Waals surface area contributed by atoms with Crippen molar-refractivity contribution in [2.75, 3.05) is 0 Å². The number of hydrogen-bond acceptors (Lipinski definition) is 3. The summed E-state index contributed by atoms with van der Waals surface area (Å²) < 4.78 is 1.83. The van der Waals surface area contributed by atoms with Crippen molar-refractivity contribution in [3.63, 3.8) is 0 Å². The smallest absolute Gasteiger partial charge is 0.318 e. The highest BCUT2D eigenvalue weighted by molar-refractivity contribution is 5.95. The molecule has 1 heterocycles. The fourth-order valence-electron chi connectivity index (χ4n) is 2.18. The molecule has 1 aliphatic rings. The first-order chi connectivity index (χ1) is 8.09. The average molecular weight is 236 g/mol. The van der Waals surface area contributed by atoms with E-state index in [9.17, 15) is 9.59 Å². The van der Waals surface area contributed by atoms with Crippen molar-refractivity contribution < 1.29 is 9.59 Å². The zero-order valence-electron chi connectivity index (χ0n) is 9.77. The number of carbonyl (C=O) groups is 2. The molecule has 3 N–H and O–H groups in total. The van der Waals surface area contributed by atoms with Gasteiger partial charge in [0.05, 0.1) is 12.0 Å². The second-order valence-electron chi connectivity index (χ2n) is 4.28. The van der Waals surface area contributed by atoms with Gasteiger partial charge in [-0.1, -0.05) is 0 Å². The van der Waals surface area contributed by atoms with Gasteiger partial charge in [0.1, 0.15) is 6.04 Å². The van der Waals surface area contributed by atoms with Gasteiger partial charge in [-0.05, 0) is 32.6 Å². The molecule has 1 aromatic rings. The van der Waals surface area contributed by atoms with E-state index in [-0.39, 0.29) is 0 Å². The first-order valence-electron chi connectivity index (χ1n) is 5.74. The van der Waals surface area contributed by atoms with E-state index in [2.05, 4.69) is 10.3 Å². The van der Waals surface area contributed by atoms with E-state index in [4.69, 9.17) is 5.73 Å². The highest BCUT2D eigenvalue weighted by Gasteiger charge is 2.22. The van der Waals surface area contributed by atoms with Crippen molar-refractivity contribution in [3.8, 4) is 0 Å². The van der Waals surface area contributed by atoms with E-state index in [1.54, 1.807) is 13.3 Å². The molecule has 92 valence electrons. The van der Waals surface area contributed by atoms with Crippen molar-refractivity contribution in [3.05, 3.63) is 17.7 Å². The summed E-state index contributed by atoms with van der Waals surface area (Å²) in [6.45, 7) is 1.73. The van der Waals surface area contributed by atoms with E-state index in [1.807, 2.05) is 4.57 Å². The van der Waals surface area contributed by atoms with Crippen molar-refractivity contribution in [1.29, 1.82) is 0 Å². The second-order valence-corrected chi connectivity index (χ2v) is 4.28. The molecule has 6 nitrogen and oxygen atoms in total. The number of nitrogens with one attached hydrogen (secondary N) is 1. The Hall–Kier alpha value is -1.85. The van der Waals surface area contributed by atoms with E-state index < -0.39 is 18.0 Å². The minimum atomic E-state index is -0.823. The number of urea groups is 1. The molecular formula is C11H16N4O2. The summed E-state index contributed by atoms with van der Waals surface area (Å²) in [5.41, 5.74) is 7.09. The van der Waals surface area contributed by atoms with Gasteiger partial charge >= 0.3 is 6.03 Å². The Labute approximate surface area is 99.2 Å². The fraction of sp³-hybridized carbons (Fsp3) is 0.545. The third-order valence-corrected chi connectivity index (χ3v) is 3.10. The number of aryl methyl sites for hydroxylation is 1. The SMILES string of the molecule is CC(C(=O)NC(N)=O)n1cnc2c1CCCC2. The van der Waals surface area contributed by atoms with Crippen LogP contribution in [0.1, 0.15) is 37.2 Å². The zero-order chi connectivity index (χ0) is 12.4.